The number of anilines is 1. The number of amides is 1. The van der Waals surface area contributed by atoms with E-state index in [0.29, 0.717) is 51.5 Å². The first kappa shape index (κ1) is 21.9. The Hall–Kier alpha value is -1.78. The molecule has 0 unspecified atom stereocenters. The lowest BCUT2D eigenvalue weighted by molar-refractivity contribution is -0.129. The Morgan fingerprint density at radius 2 is 1.97 bits per heavy atom. The van der Waals surface area contributed by atoms with Gasteiger partial charge in [0, 0.05) is 64.6 Å². The van der Waals surface area contributed by atoms with E-state index in [9.17, 15) is 13.2 Å². The third kappa shape index (κ3) is 4.39. The zero-order valence-electron chi connectivity index (χ0n) is 17.8. The van der Waals surface area contributed by atoms with E-state index >= 15 is 0 Å². The second kappa shape index (κ2) is 8.93. The molecule has 2 aliphatic heterocycles. The molecule has 3 heterocycles. The van der Waals surface area contributed by atoms with Gasteiger partial charge in [-0.05, 0) is 12.8 Å². The van der Waals surface area contributed by atoms with Crippen LogP contribution in [0.15, 0.2) is 0 Å². The van der Waals surface area contributed by atoms with Crippen molar-refractivity contribution in [1.29, 1.82) is 0 Å². The second-order valence-electron chi connectivity index (χ2n) is 7.59. The summed E-state index contributed by atoms with van der Waals surface area (Å²) in [7, 11) is -1.65. The van der Waals surface area contributed by atoms with Crippen LogP contribution in [0.1, 0.15) is 56.6 Å². The molecule has 1 saturated heterocycles. The summed E-state index contributed by atoms with van der Waals surface area (Å²) in [5.41, 5.74) is 1.92. The molecule has 1 fully saturated rings. The predicted molar refractivity (Wildman–Crippen MR) is 112 cm³/mol. The van der Waals surface area contributed by atoms with Crippen molar-refractivity contribution in [3.63, 3.8) is 0 Å². The van der Waals surface area contributed by atoms with Gasteiger partial charge < -0.3 is 10.2 Å². The van der Waals surface area contributed by atoms with E-state index in [1.807, 2.05) is 20.9 Å². The fourth-order valence-electron chi connectivity index (χ4n) is 4.17. The predicted octanol–water partition coefficient (Wildman–Crippen LogP) is 1.19. The molecule has 162 valence electrons. The number of hydrogen-bond donors (Lipinski definition) is 1. The Morgan fingerprint density at radius 3 is 2.59 bits per heavy atom. The van der Waals surface area contributed by atoms with Crippen molar-refractivity contribution < 1.29 is 13.2 Å². The first-order valence-electron chi connectivity index (χ1n) is 10.4. The van der Waals surface area contributed by atoms with Gasteiger partial charge in [0.05, 0.1) is 12.2 Å². The van der Waals surface area contributed by atoms with Gasteiger partial charge in [0.15, 0.2) is 0 Å². The van der Waals surface area contributed by atoms with Gasteiger partial charge in [-0.3, -0.25) is 4.79 Å². The van der Waals surface area contributed by atoms with E-state index in [-0.39, 0.29) is 11.8 Å². The standard InChI is InChI=1S/C19H32N6O3S/c1-5-24(6-2)29(27,28)25-10-7-8-15(12-25)18-21-17-9-11-23(14(3)26)13-16(17)19(20-4)22-18/h15H,5-13H2,1-4H3,(H,20,21,22)/t15-/m1/s1. The van der Waals surface area contributed by atoms with E-state index in [1.165, 1.54) is 4.31 Å². The smallest absolute Gasteiger partial charge is 0.281 e. The molecule has 1 aromatic heterocycles. The summed E-state index contributed by atoms with van der Waals surface area (Å²) < 4.78 is 29.0. The third-order valence-corrected chi connectivity index (χ3v) is 8.02. The highest BCUT2D eigenvalue weighted by Crippen LogP contribution is 2.31. The Morgan fingerprint density at radius 1 is 1.24 bits per heavy atom. The van der Waals surface area contributed by atoms with Gasteiger partial charge in [-0.2, -0.15) is 17.0 Å². The number of nitrogens with one attached hydrogen (secondary N) is 1. The number of carbonyl (C=O) groups excluding carboxylic acids is 1. The fraction of sp³-hybridized carbons (Fsp3) is 0.737. The molecular formula is C19H32N6O3S. The monoisotopic (exact) mass is 424 g/mol. The van der Waals surface area contributed by atoms with Crippen molar-refractivity contribution in [3.05, 3.63) is 17.1 Å². The average Bonchev–Trinajstić information content (AvgIpc) is 2.73. The zero-order chi connectivity index (χ0) is 21.2. The van der Waals surface area contributed by atoms with Crippen LogP contribution in [-0.4, -0.2) is 77.6 Å². The number of hydrogen-bond acceptors (Lipinski definition) is 6. The van der Waals surface area contributed by atoms with E-state index in [1.54, 1.807) is 16.1 Å². The molecule has 1 amide bonds. The fourth-order valence-corrected chi connectivity index (χ4v) is 5.87. The van der Waals surface area contributed by atoms with Crippen molar-refractivity contribution in [3.8, 4) is 0 Å². The van der Waals surface area contributed by atoms with Crippen molar-refractivity contribution in [2.24, 2.45) is 0 Å². The van der Waals surface area contributed by atoms with Gasteiger partial charge in [0.1, 0.15) is 11.6 Å². The maximum absolute atomic E-state index is 12.9. The molecule has 1 atom stereocenters. The van der Waals surface area contributed by atoms with Crippen LogP contribution < -0.4 is 5.32 Å². The summed E-state index contributed by atoms with van der Waals surface area (Å²) in [6, 6.07) is 0. The molecule has 2 aliphatic rings. The van der Waals surface area contributed by atoms with Crippen LogP contribution in [0.2, 0.25) is 0 Å². The number of carbonyl (C=O) groups is 1. The molecule has 9 nitrogen and oxygen atoms in total. The summed E-state index contributed by atoms with van der Waals surface area (Å²) in [6.45, 7) is 8.32. The van der Waals surface area contributed by atoms with Crippen molar-refractivity contribution in [2.75, 3.05) is 45.1 Å². The number of rotatable bonds is 6. The van der Waals surface area contributed by atoms with Gasteiger partial charge in [0.25, 0.3) is 10.2 Å². The molecular weight excluding hydrogens is 392 g/mol. The third-order valence-electron chi connectivity index (χ3n) is 5.87. The first-order chi connectivity index (χ1) is 13.8. The lowest BCUT2D eigenvalue weighted by atomic mass is 9.97. The molecule has 1 aromatic rings. The summed E-state index contributed by atoms with van der Waals surface area (Å²) in [6.07, 6.45) is 2.34. The summed E-state index contributed by atoms with van der Waals surface area (Å²) in [5, 5.41) is 3.14. The lowest BCUT2D eigenvalue weighted by Gasteiger charge is -2.35. The van der Waals surface area contributed by atoms with Gasteiger partial charge >= 0.3 is 0 Å². The minimum atomic E-state index is -3.46. The van der Waals surface area contributed by atoms with Crippen LogP contribution in [0.4, 0.5) is 5.82 Å². The van der Waals surface area contributed by atoms with Crippen LogP contribution >= 0.6 is 0 Å². The molecule has 0 spiro atoms. The van der Waals surface area contributed by atoms with Crippen molar-refractivity contribution >= 4 is 21.9 Å². The quantitative estimate of drug-likeness (QED) is 0.737. The molecule has 1 N–H and O–H groups in total. The molecule has 0 aromatic carbocycles. The van der Waals surface area contributed by atoms with Gasteiger partial charge in [0.2, 0.25) is 5.91 Å². The van der Waals surface area contributed by atoms with E-state index < -0.39 is 10.2 Å². The normalized spacial score (nSPS) is 20.6. The van der Waals surface area contributed by atoms with Crippen molar-refractivity contribution in [1.82, 2.24) is 23.5 Å². The van der Waals surface area contributed by atoms with Gasteiger partial charge in [-0.15, -0.1) is 0 Å². The summed E-state index contributed by atoms with van der Waals surface area (Å²) in [5.74, 6) is 1.45. The Bertz CT molecular complexity index is 838. The summed E-state index contributed by atoms with van der Waals surface area (Å²) >= 11 is 0. The largest absolute Gasteiger partial charge is 0.373 e. The number of nitrogens with zero attached hydrogens (tertiary/aromatic N) is 5. The van der Waals surface area contributed by atoms with E-state index in [0.717, 1.165) is 29.9 Å². The van der Waals surface area contributed by atoms with Gasteiger partial charge in [-0.25, -0.2) is 9.97 Å². The van der Waals surface area contributed by atoms with Crippen LogP contribution in [0.5, 0.6) is 0 Å². The van der Waals surface area contributed by atoms with Crippen LogP contribution in [0.3, 0.4) is 0 Å². The topological polar surface area (TPSA) is 98.7 Å². The molecule has 10 heteroatoms. The van der Waals surface area contributed by atoms with E-state index in [2.05, 4.69) is 5.32 Å². The van der Waals surface area contributed by atoms with E-state index in [4.69, 9.17) is 9.97 Å². The maximum atomic E-state index is 12.9. The van der Waals surface area contributed by atoms with Gasteiger partial charge in [-0.1, -0.05) is 13.8 Å². The van der Waals surface area contributed by atoms with Crippen LogP contribution in [0, 0.1) is 0 Å². The number of fused-ring (bicyclic) bond motifs is 1. The number of aromatic nitrogens is 2. The first-order valence-corrected chi connectivity index (χ1v) is 11.8. The maximum Gasteiger partial charge on any atom is 0.281 e. The lowest BCUT2D eigenvalue weighted by Crippen LogP contribution is -2.47. The molecule has 3 rings (SSSR count). The van der Waals surface area contributed by atoms with Crippen LogP contribution in [-0.2, 0) is 28.0 Å². The Kier molecular flexibility index (Phi) is 6.75. The SMILES string of the molecule is CCN(CC)S(=O)(=O)N1CCC[C@@H](c2nc3c(c(NC)n2)CN(C(C)=O)CC3)C1. The Labute approximate surface area is 173 Å². The minimum Gasteiger partial charge on any atom is -0.373 e. The highest BCUT2D eigenvalue weighted by atomic mass is 32.2. The number of piperidine rings is 1. The summed E-state index contributed by atoms with van der Waals surface area (Å²) in [4.78, 5) is 23.1. The molecule has 0 aliphatic carbocycles. The second-order valence-corrected chi connectivity index (χ2v) is 9.51. The van der Waals surface area contributed by atoms with Crippen LogP contribution in [0.25, 0.3) is 0 Å². The zero-order valence-corrected chi connectivity index (χ0v) is 18.6. The highest BCUT2D eigenvalue weighted by molar-refractivity contribution is 7.86. The Balaban J connectivity index is 1.86. The average molecular weight is 425 g/mol. The molecule has 29 heavy (non-hydrogen) atoms. The van der Waals surface area contributed by atoms with Crippen molar-refractivity contribution in [2.45, 2.75) is 52.5 Å². The molecule has 0 bridgehead atoms. The molecule has 0 saturated carbocycles. The highest BCUT2D eigenvalue weighted by Gasteiger charge is 2.34. The molecule has 0 radical (unpaired) electrons. The minimum absolute atomic E-state index is 0.0303.